The number of ether oxygens (including phenoxy) is 1. The number of aromatic nitrogens is 2. The number of rotatable bonds is 5. The van der Waals surface area contributed by atoms with Crippen LogP contribution in [-0.4, -0.2) is 16.9 Å². The summed E-state index contributed by atoms with van der Waals surface area (Å²) in [7, 11) is 0. The van der Waals surface area contributed by atoms with Crippen molar-refractivity contribution in [2.45, 2.75) is 20.0 Å². The van der Waals surface area contributed by atoms with Gasteiger partial charge < -0.3 is 10.5 Å². The lowest BCUT2D eigenvalue weighted by atomic mass is 10.1. The molecule has 0 amide bonds. The minimum absolute atomic E-state index is 0.274. The minimum atomic E-state index is 0.274. The van der Waals surface area contributed by atoms with Crippen molar-refractivity contribution >= 4 is 11.6 Å². The standard InChI is InChI=1S/C12H14ClN3O2/c1-8-11(16-18-15-8)7-17-12-9(5-6-14)3-2-4-10(12)13/h2-4H,5-7,14H2,1H3. The van der Waals surface area contributed by atoms with Gasteiger partial charge in [0.2, 0.25) is 0 Å². The third-order valence-electron chi connectivity index (χ3n) is 2.56. The Morgan fingerprint density at radius 2 is 2.22 bits per heavy atom. The molecule has 0 atom stereocenters. The van der Waals surface area contributed by atoms with E-state index in [4.69, 9.17) is 22.1 Å². The Morgan fingerprint density at radius 1 is 1.39 bits per heavy atom. The van der Waals surface area contributed by atoms with Crippen molar-refractivity contribution in [1.29, 1.82) is 0 Å². The van der Waals surface area contributed by atoms with Crippen LogP contribution in [0.2, 0.25) is 5.02 Å². The van der Waals surface area contributed by atoms with Gasteiger partial charge in [-0.1, -0.05) is 34.0 Å². The molecule has 1 aromatic carbocycles. The van der Waals surface area contributed by atoms with Crippen LogP contribution < -0.4 is 10.5 Å². The van der Waals surface area contributed by atoms with Crippen LogP contribution in [0, 0.1) is 6.92 Å². The average molecular weight is 268 g/mol. The maximum absolute atomic E-state index is 6.12. The quantitative estimate of drug-likeness (QED) is 0.898. The van der Waals surface area contributed by atoms with E-state index in [2.05, 4.69) is 14.9 Å². The first-order valence-corrected chi connectivity index (χ1v) is 5.98. The molecule has 0 aliphatic heterocycles. The Balaban J connectivity index is 2.15. The zero-order valence-corrected chi connectivity index (χ0v) is 10.8. The van der Waals surface area contributed by atoms with E-state index < -0.39 is 0 Å². The highest BCUT2D eigenvalue weighted by atomic mass is 35.5. The predicted molar refractivity (Wildman–Crippen MR) is 67.6 cm³/mol. The summed E-state index contributed by atoms with van der Waals surface area (Å²) >= 11 is 6.12. The average Bonchev–Trinajstić information content (AvgIpc) is 2.75. The van der Waals surface area contributed by atoms with Gasteiger partial charge in [0.1, 0.15) is 23.7 Å². The van der Waals surface area contributed by atoms with Crippen molar-refractivity contribution in [1.82, 2.24) is 10.3 Å². The Labute approximate surface area is 110 Å². The predicted octanol–water partition coefficient (Wildman–Crippen LogP) is 2.11. The molecule has 0 bridgehead atoms. The number of hydrogen-bond acceptors (Lipinski definition) is 5. The van der Waals surface area contributed by atoms with Crippen LogP contribution in [0.1, 0.15) is 17.0 Å². The highest BCUT2D eigenvalue weighted by molar-refractivity contribution is 6.32. The van der Waals surface area contributed by atoms with E-state index in [0.717, 1.165) is 5.56 Å². The Bertz CT molecular complexity index is 528. The molecule has 6 heteroatoms. The van der Waals surface area contributed by atoms with E-state index in [9.17, 15) is 0 Å². The molecule has 0 saturated heterocycles. The smallest absolute Gasteiger partial charge is 0.145 e. The first-order valence-electron chi connectivity index (χ1n) is 5.60. The monoisotopic (exact) mass is 267 g/mol. The summed E-state index contributed by atoms with van der Waals surface area (Å²) in [6.07, 6.45) is 0.714. The molecule has 5 nitrogen and oxygen atoms in total. The SMILES string of the molecule is Cc1nonc1COc1c(Cl)cccc1CCN. The number of halogens is 1. The number of benzene rings is 1. The van der Waals surface area contributed by atoms with Gasteiger partial charge in [0.15, 0.2) is 0 Å². The minimum Gasteiger partial charge on any atom is -0.485 e. The fourth-order valence-electron chi connectivity index (χ4n) is 1.59. The van der Waals surface area contributed by atoms with E-state index in [0.29, 0.717) is 35.1 Å². The zero-order valence-electron chi connectivity index (χ0n) is 10.0. The number of para-hydroxylation sites is 1. The fourth-order valence-corrected chi connectivity index (χ4v) is 1.84. The molecule has 2 rings (SSSR count). The molecule has 1 aromatic heterocycles. The molecule has 2 aromatic rings. The summed E-state index contributed by atoms with van der Waals surface area (Å²) in [5, 5.41) is 8.01. The van der Waals surface area contributed by atoms with Gasteiger partial charge in [0, 0.05) is 0 Å². The largest absolute Gasteiger partial charge is 0.485 e. The van der Waals surface area contributed by atoms with Crippen LogP contribution in [0.5, 0.6) is 5.75 Å². The topological polar surface area (TPSA) is 74.2 Å². The van der Waals surface area contributed by atoms with Gasteiger partial charge in [-0.3, -0.25) is 0 Å². The van der Waals surface area contributed by atoms with Gasteiger partial charge in [-0.25, -0.2) is 4.63 Å². The van der Waals surface area contributed by atoms with Crippen LogP contribution in [0.4, 0.5) is 0 Å². The van der Waals surface area contributed by atoms with E-state index in [1.54, 1.807) is 6.07 Å². The van der Waals surface area contributed by atoms with E-state index in [-0.39, 0.29) is 6.61 Å². The van der Waals surface area contributed by atoms with Gasteiger partial charge >= 0.3 is 0 Å². The number of hydrogen-bond donors (Lipinski definition) is 1. The summed E-state index contributed by atoms with van der Waals surface area (Å²) in [6, 6.07) is 5.61. The molecule has 0 aliphatic rings. The van der Waals surface area contributed by atoms with Crippen molar-refractivity contribution in [3.63, 3.8) is 0 Å². The van der Waals surface area contributed by atoms with Gasteiger partial charge in [-0.2, -0.15) is 0 Å². The molecular formula is C12H14ClN3O2. The van der Waals surface area contributed by atoms with Gasteiger partial charge in [-0.15, -0.1) is 0 Å². The van der Waals surface area contributed by atoms with Crippen LogP contribution >= 0.6 is 11.6 Å². The molecule has 18 heavy (non-hydrogen) atoms. The van der Waals surface area contributed by atoms with Gasteiger partial charge in [0.25, 0.3) is 0 Å². The third kappa shape index (κ3) is 2.80. The Morgan fingerprint density at radius 3 is 2.89 bits per heavy atom. The molecule has 0 aliphatic carbocycles. The second-order valence-corrected chi connectivity index (χ2v) is 4.26. The van der Waals surface area contributed by atoms with Crippen molar-refractivity contribution in [2.24, 2.45) is 5.73 Å². The fraction of sp³-hybridized carbons (Fsp3) is 0.333. The Hall–Kier alpha value is -1.59. The lowest BCUT2D eigenvalue weighted by molar-refractivity contribution is 0.268. The second-order valence-electron chi connectivity index (χ2n) is 3.85. The molecule has 1 heterocycles. The first-order chi connectivity index (χ1) is 8.72. The molecule has 0 radical (unpaired) electrons. The van der Waals surface area contributed by atoms with Crippen LogP contribution in [0.3, 0.4) is 0 Å². The number of nitrogens with two attached hydrogens (primary N) is 1. The highest BCUT2D eigenvalue weighted by Gasteiger charge is 2.11. The van der Waals surface area contributed by atoms with Gasteiger partial charge in [-0.05, 0) is 31.5 Å². The molecule has 2 N–H and O–H groups in total. The summed E-state index contributed by atoms with van der Waals surface area (Å²) in [6.45, 7) is 2.63. The van der Waals surface area contributed by atoms with Crippen LogP contribution in [0.15, 0.2) is 22.8 Å². The molecule has 0 fully saturated rings. The van der Waals surface area contributed by atoms with Crippen LogP contribution in [0.25, 0.3) is 0 Å². The first kappa shape index (κ1) is 12.9. The van der Waals surface area contributed by atoms with E-state index in [1.807, 2.05) is 19.1 Å². The third-order valence-corrected chi connectivity index (χ3v) is 2.86. The molecular weight excluding hydrogens is 254 g/mol. The van der Waals surface area contributed by atoms with Crippen molar-refractivity contribution in [3.8, 4) is 5.75 Å². The summed E-state index contributed by atoms with van der Waals surface area (Å²) in [4.78, 5) is 0. The summed E-state index contributed by atoms with van der Waals surface area (Å²) in [5.74, 6) is 0.645. The molecule has 0 unspecified atom stereocenters. The lowest BCUT2D eigenvalue weighted by Crippen LogP contribution is -2.06. The van der Waals surface area contributed by atoms with Crippen molar-refractivity contribution < 1.29 is 9.37 Å². The van der Waals surface area contributed by atoms with Gasteiger partial charge in [0.05, 0.1) is 5.02 Å². The summed E-state index contributed by atoms with van der Waals surface area (Å²) in [5.41, 5.74) is 7.92. The zero-order chi connectivity index (χ0) is 13.0. The normalized spacial score (nSPS) is 10.6. The molecule has 0 spiro atoms. The highest BCUT2D eigenvalue weighted by Crippen LogP contribution is 2.29. The molecule has 0 saturated carbocycles. The maximum atomic E-state index is 6.12. The Kier molecular flexibility index (Phi) is 4.17. The van der Waals surface area contributed by atoms with Crippen molar-refractivity contribution in [2.75, 3.05) is 6.54 Å². The molecule has 96 valence electrons. The van der Waals surface area contributed by atoms with Crippen molar-refractivity contribution in [3.05, 3.63) is 40.2 Å². The number of aryl methyl sites for hydroxylation is 1. The van der Waals surface area contributed by atoms with Crippen LogP contribution in [-0.2, 0) is 13.0 Å². The van der Waals surface area contributed by atoms with E-state index in [1.165, 1.54) is 0 Å². The second kappa shape index (κ2) is 5.84. The summed E-state index contributed by atoms with van der Waals surface area (Å²) < 4.78 is 10.3. The number of nitrogens with zero attached hydrogens (tertiary/aromatic N) is 2. The van der Waals surface area contributed by atoms with E-state index >= 15 is 0 Å². The maximum Gasteiger partial charge on any atom is 0.145 e. The lowest BCUT2D eigenvalue weighted by Gasteiger charge is -2.11.